The fourth-order valence-electron chi connectivity index (χ4n) is 4.79. The number of amides is 2. The largest absolute Gasteiger partial charge is 0.445 e. The number of carbonyl (C=O) groups is 2. The van der Waals surface area contributed by atoms with Gasteiger partial charge in [-0.2, -0.15) is 5.26 Å². The van der Waals surface area contributed by atoms with Crippen molar-refractivity contribution in [2.75, 3.05) is 31.1 Å². The summed E-state index contributed by atoms with van der Waals surface area (Å²) in [4.78, 5) is 31.2. The summed E-state index contributed by atoms with van der Waals surface area (Å²) in [5.74, 6) is 0. The highest BCUT2D eigenvalue weighted by molar-refractivity contribution is 5.71. The van der Waals surface area contributed by atoms with E-state index in [1.54, 1.807) is 9.80 Å². The van der Waals surface area contributed by atoms with Gasteiger partial charge in [-0.15, -0.1) is 0 Å². The number of piperazine rings is 1. The van der Waals surface area contributed by atoms with E-state index in [4.69, 9.17) is 9.47 Å². The second-order valence-electron chi connectivity index (χ2n) is 10.4. The molecule has 1 saturated heterocycles. The van der Waals surface area contributed by atoms with Gasteiger partial charge < -0.3 is 24.2 Å². The zero-order valence-corrected chi connectivity index (χ0v) is 21.5. The summed E-state index contributed by atoms with van der Waals surface area (Å²) < 4.78 is 11.2. The monoisotopic (exact) mass is 490 g/mol. The first kappa shape index (κ1) is 25.4. The molecule has 8 nitrogen and oxygen atoms in total. The minimum atomic E-state index is -0.543. The van der Waals surface area contributed by atoms with Gasteiger partial charge in [0, 0.05) is 37.9 Å². The van der Waals surface area contributed by atoms with Crippen LogP contribution in [0, 0.1) is 11.3 Å². The standard InChI is InChI=1S/C28H34N4O4/c1-20-17-30(14-15-32(20)27(34)36-28(2,3)4)25-11-10-22(16-29)23-12-13-31(18-24(23)25)26(33)35-19-21-8-6-5-7-9-21/h5-11,20H,12-15,17-19H2,1-4H3. The molecule has 1 fully saturated rings. The van der Waals surface area contributed by atoms with E-state index in [0.29, 0.717) is 44.7 Å². The minimum absolute atomic E-state index is 0.0459. The van der Waals surface area contributed by atoms with Gasteiger partial charge in [-0.3, -0.25) is 0 Å². The van der Waals surface area contributed by atoms with Gasteiger partial charge in [0.05, 0.1) is 18.2 Å². The molecule has 2 aromatic rings. The lowest BCUT2D eigenvalue weighted by Gasteiger charge is -2.42. The third kappa shape index (κ3) is 5.73. The first-order valence-electron chi connectivity index (χ1n) is 12.4. The van der Waals surface area contributed by atoms with Gasteiger partial charge in [-0.05, 0) is 62.9 Å². The molecule has 0 aliphatic carbocycles. The molecule has 1 unspecified atom stereocenters. The Morgan fingerprint density at radius 2 is 1.78 bits per heavy atom. The summed E-state index contributed by atoms with van der Waals surface area (Å²) >= 11 is 0. The van der Waals surface area contributed by atoms with Crippen molar-refractivity contribution in [3.63, 3.8) is 0 Å². The Labute approximate surface area is 213 Å². The van der Waals surface area contributed by atoms with Crippen LogP contribution in [0.3, 0.4) is 0 Å². The van der Waals surface area contributed by atoms with Gasteiger partial charge in [-0.25, -0.2) is 9.59 Å². The highest BCUT2D eigenvalue weighted by Crippen LogP contribution is 2.33. The second-order valence-corrected chi connectivity index (χ2v) is 10.4. The molecule has 2 aliphatic heterocycles. The number of anilines is 1. The molecule has 0 saturated carbocycles. The number of carbonyl (C=O) groups excluding carboxylic acids is 2. The van der Waals surface area contributed by atoms with Crippen molar-refractivity contribution < 1.29 is 19.1 Å². The molecule has 0 spiro atoms. The van der Waals surface area contributed by atoms with Crippen molar-refractivity contribution in [1.29, 1.82) is 5.26 Å². The molecule has 1 atom stereocenters. The molecule has 4 rings (SSSR count). The topological polar surface area (TPSA) is 86.1 Å². The first-order valence-corrected chi connectivity index (χ1v) is 12.4. The van der Waals surface area contributed by atoms with Crippen molar-refractivity contribution >= 4 is 17.9 Å². The predicted octanol–water partition coefficient (Wildman–Crippen LogP) is 4.70. The summed E-state index contributed by atoms with van der Waals surface area (Å²) in [6, 6.07) is 15.7. The summed E-state index contributed by atoms with van der Waals surface area (Å²) in [5.41, 5.74) is 4.01. The maximum atomic E-state index is 12.9. The Morgan fingerprint density at radius 1 is 1.03 bits per heavy atom. The first-order chi connectivity index (χ1) is 17.2. The molecule has 2 aromatic carbocycles. The number of hydrogen-bond acceptors (Lipinski definition) is 6. The van der Waals surface area contributed by atoms with Crippen LogP contribution in [0.5, 0.6) is 0 Å². The van der Waals surface area contributed by atoms with E-state index in [1.165, 1.54) is 0 Å². The van der Waals surface area contributed by atoms with Gasteiger partial charge in [0.25, 0.3) is 0 Å². The van der Waals surface area contributed by atoms with Crippen molar-refractivity contribution in [2.24, 2.45) is 0 Å². The lowest BCUT2D eigenvalue weighted by atomic mass is 9.92. The highest BCUT2D eigenvalue weighted by Gasteiger charge is 2.33. The summed E-state index contributed by atoms with van der Waals surface area (Å²) in [6.45, 7) is 10.5. The minimum Gasteiger partial charge on any atom is -0.445 e. The van der Waals surface area contributed by atoms with Crippen LogP contribution in [-0.2, 0) is 29.0 Å². The average Bonchev–Trinajstić information content (AvgIpc) is 2.85. The predicted molar refractivity (Wildman–Crippen MR) is 137 cm³/mol. The smallest absolute Gasteiger partial charge is 0.410 e. The van der Waals surface area contributed by atoms with E-state index in [-0.39, 0.29) is 24.8 Å². The van der Waals surface area contributed by atoms with Gasteiger partial charge in [0.15, 0.2) is 0 Å². The number of rotatable bonds is 3. The van der Waals surface area contributed by atoms with Crippen LogP contribution in [-0.4, -0.2) is 59.8 Å². The molecule has 2 heterocycles. The highest BCUT2D eigenvalue weighted by atomic mass is 16.6. The summed E-state index contributed by atoms with van der Waals surface area (Å²) in [6.07, 6.45) is -0.0651. The molecule has 0 N–H and O–H groups in total. The number of nitrogens with zero attached hydrogens (tertiary/aromatic N) is 4. The number of ether oxygens (including phenoxy) is 2. The average molecular weight is 491 g/mol. The molecule has 8 heteroatoms. The molecular formula is C28H34N4O4. The second kappa shape index (κ2) is 10.5. The van der Waals surface area contributed by atoms with E-state index >= 15 is 0 Å². The van der Waals surface area contributed by atoms with E-state index in [1.807, 2.05) is 70.2 Å². The maximum Gasteiger partial charge on any atom is 0.410 e. The quantitative estimate of drug-likeness (QED) is 0.620. The number of fused-ring (bicyclic) bond motifs is 1. The van der Waals surface area contributed by atoms with Crippen molar-refractivity contribution in [3.8, 4) is 6.07 Å². The maximum absolute atomic E-state index is 12.9. The summed E-state index contributed by atoms with van der Waals surface area (Å²) in [5, 5.41) is 9.68. The fourth-order valence-corrected chi connectivity index (χ4v) is 4.79. The van der Waals surface area contributed by atoms with E-state index in [2.05, 4.69) is 11.0 Å². The lowest BCUT2D eigenvalue weighted by molar-refractivity contribution is 0.0158. The van der Waals surface area contributed by atoms with Crippen LogP contribution >= 0.6 is 0 Å². The molecule has 0 bridgehead atoms. The summed E-state index contributed by atoms with van der Waals surface area (Å²) in [7, 11) is 0. The molecule has 190 valence electrons. The van der Waals surface area contributed by atoms with Crippen LogP contribution in [0.1, 0.15) is 49.9 Å². The van der Waals surface area contributed by atoms with E-state index < -0.39 is 5.60 Å². The number of hydrogen-bond donors (Lipinski definition) is 0. The van der Waals surface area contributed by atoms with Crippen LogP contribution in [0.2, 0.25) is 0 Å². The van der Waals surface area contributed by atoms with Crippen LogP contribution in [0.15, 0.2) is 42.5 Å². The molecule has 0 aromatic heterocycles. The Balaban J connectivity index is 1.49. The number of benzene rings is 2. The Kier molecular flexibility index (Phi) is 7.39. The van der Waals surface area contributed by atoms with Crippen molar-refractivity contribution in [1.82, 2.24) is 9.80 Å². The van der Waals surface area contributed by atoms with E-state index in [9.17, 15) is 14.9 Å². The molecular weight excluding hydrogens is 456 g/mol. The number of nitriles is 1. The van der Waals surface area contributed by atoms with E-state index in [0.717, 1.165) is 22.4 Å². The Bertz CT molecular complexity index is 1150. The third-order valence-electron chi connectivity index (χ3n) is 6.57. The molecule has 2 amide bonds. The zero-order valence-electron chi connectivity index (χ0n) is 21.5. The Morgan fingerprint density at radius 3 is 2.44 bits per heavy atom. The molecule has 36 heavy (non-hydrogen) atoms. The van der Waals surface area contributed by atoms with Crippen molar-refractivity contribution in [2.45, 2.75) is 58.9 Å². The van der Waals surface area contributed by atoms with Gasteiger partial charge in [-0.1, -0.05) is 30.3 Å². The zero-order chi connectivity index (χ0) is 25.9. The third-order valence-corrected chi connectivity index (χ3v) is 6.57. The fraction of sp³-hybridized carbons (Fsp3) is 0.464. The van der Waals surface area contributed by atoms with Crippen molar-refractivity contribution in [3.05, 3.63) is 64.7 Å². The van der Waals surface area contributed by atoms with Crippen LogP contribution in [0.4, 0.5) is 15.3 Å². The Hall–Kier alpha value is -3.73. The lowest BCUT2D eigenvalue weighted by Crippen LogP contribution is -2.55. The van der Waals surface area contributed by atoms with Gasteiger partial charge >= 0.3 is 12.2 Å². The van der Waals surface area contributed by atoms with Crippen LogP contribution < -0.4 is 4.90 Å². The van der Waals surface area contributed by atoms with Gasteiger partial charge in [0.1, 0.15) is 12.2 Å². The SMILES string of the molecule is CC1CN(c2ccc(C#N)c3c2CN(C(=O)OCc2ccccc2)CC3)CCN1C(=O)OC(C)(C)C. The molecule has 0 radical (unpaired) electrons. The van der Waals surface area contributed by atoms with Crippen LogP contribution in [0.25, 0.3) is 0 Å². The molecule has 2 aliphatic rings. The normalized spacial score (nSPS) is 17.8. The van der Waals surface area contributed by atoms with Gasteiger partial charge in [0.2, 0.25) is 0 Å².